The van der Waals surface area contributed by atoms with Crippen molar-refractivity contribution < 1.29 is 9.84 Å². The van der Waals surface area contributed by atoms with Crippen molar-refractivity contribution in [2.24, 2.45) is 5.92 Å². The molecule has 1 aliphatic heterocycles. The van der Waals surface area contributed by atoms with E-state index in [0.717, 1.165) is 51.7 Å². The Balaban J connectivity index is 2.13. The zero-order valence-electron chi connectivity index (χ0n) is 12.2. The Hall–Kier alpha value is -0.160. The Kier molecular flexibility index (Phi) is 7.15. The minimum atomic E-state index is -0.524. The molecule has 1 heterocycles. The zero-order chi connectivity index (χ0) is 13.4. The van der Waals surface area contributed by atoms with E-state index in [4.69, 9.17) is 4.74 Å². The molecule has 1 fully saturated rings. The number of hydrogen-bond acceptors (Lipinski definition) is 4. The molecule has 1 saturated heterocycles. The fraction of sp³-hybridized carbons (Fsp3) is 1.00. The number of piperidine rings is 1. The second-order valence-electron chi connectivity index (χ2n) is 5.77. The maximum atomic E-state index is 10.1. The summed E-state index contributed by atoms with van der Waals surface area (Å²) >= 11 is 0. The van der Waals surface area contributed by atoms with E-state index >= 15 is 0 Å². The van der Waals surface area contributed by atoms with Crippen LogP contribution in [0.2, 0.25) is 0 Å². The third-order valence-corrected chi connectivity index (χ3v) is 3.95. The highest BCUT2D eigenvalue weighted by molar-refractivity contribution is 4.80. The van der Waals surface area contributed by atoms with Crippen molar-refractivity contribution in [3.8, 4) is 0 Å². The monoisotopic (exact) mass is 258 g/mol. The summed E-state index contributed by atoms with van der Waals surface area (Å²) in [5.74, 6) is 0.782. The van der Waals surface area contributed by atoms with Gasteiger partial charge < -0.3 is 20.1 Å². The fourth-order valence-electron chi connectivity index (χ4n) is 2.42. The lowest BCUT2D eigenvalue weighted by atomic mass is 9.94. The maximum absolute atomic E-state index is 10.1. The summed E-state index contributed by atoms with van der Waals surface area (Å²) in [6.07, 6.45) is 3.30. The maximum Gasteiger partial charge on any atom is 0.0743 e. The standard InChI is InChI=1S/C14H30N2O2/c1-4-14(2,17)12-16-8-5-13(6-9-16)11-15-7-10-18-3/h13,15,17H,4-12H2,1-3H3. The molecule has 0 aliphatic carbocycles. The van der Waals surface area contributed by atoms with Gasteiger partial charge in [-0.15, -0.1) is 0 Å². The van der Waals surface area contributed by atoms with Crippen LogP contribution in [-0.2, 0) is 4.74 Å². The molecule has 4 heteroatoms. The Morgan fingerprint density at radius 1 is 1.39 bits per heavy atom. The average molecular weight is 258 g/mol. The van der Waals surface area contributed by atoms with E-state index < -0.39 is 5.60 Å². The number of rotatable bonds is 8. The topological polar surface area (TPSA) is 44.7 Å². The summed E-state index contributed by atoms with van der Waals surface area (Å²) in [5, 5.41) is 13.5. The van der Waals surface area contributed by atoms with Gasteiger partial charge in [-0.3, -0.25) is 0 Å². The Morgan fingerprint density at radius 3 is 2.61 bits per heavy atom. The lowest BCUT2D eigenvalue weighted by Crippen LogP contribution is -2.45. The normalized spacial score (nSPS) is 22.0. The molecule has 0 aromatic heterocycles. The lowest BCUT2D eigenvalue weighted by molar-refractivity contribution is 0.00659. The predicted octanol–water partition coefficient (Wildman–Crippen LogP) is 1.10. The van der Waals surface area contributed by atoms with Crippen LogP contribution in [0.15, 0.2) is 0 Å². The van der Waals surface area contributed by atoms with Gasteiger partial charge in [0, 0.05) is 20.2 Å². The smallest absolute Gasteiger partial charge is 0.0743 e. The summed E-state index contributed by atoms with van der Waals surface area (Å²) in [6.45, 7) is 9.87. The molecule has 0 amide bonds. The molecule has 0 aromatic carbocycles. The highest BCUT2D eigenvalue weighted by Gasteiger charge is 2.25. The van der Waals surface area contributed by atoms with Crippen molar-refractivity contribution in [1.29, 1.82) is 0 Å². The van der Waals surface area contributed by atoms with Gasteiger partial charge in [0.2, 0.25) is 0 Å². The van der Waals surface area contributed by atoms with Crippen molar-refractivity contribution in [2.45, 2.75) is 38.7 Å². The molecule has 2 N–H and O–H groups in total. The van der Waals surface area contributed by atoms with E-state index in [-0.39, 0.29) is 0 Å². The number of ether oxygens (including phenoxy) is 1. The largest absolute Gasteiger partial charge is 0.389 e. The van der Waals surface area contributed by atoms with E-state index in [2.05, 4.69) is 10.2 Å². The van der Waals surface area contributed by atoms with Crippen molar-refractivity contribution in [3.05, 3.63) is 0 Å². The first kappa shape index (κ1) is 15.9. The SMILES string of the molecule is CCC(C)(O)CN1CCC(CNCCOC)CC1. The van der Waals surface area contributed by atoms with Crippen LogP contribution in [-0.4, -0.2) is 62.0 Å². The van der Waals surface area contributed by atoms with Crippen molar-refractivity contribution in [2.75, 3.05) is 46.4 Å². The molecule has 4 nitrogen and oxygen atoms in total. The number of nitrogens with one attached hydrogen (secondary N) is 1. The number of nitrogens with zero attached hydrogens (tertiary/aromatic N) is 1. The van der Waals surface area contributed by atoms with Gasteiger partial charge >= 0.3 is 0 Å². The molecule has 0 bridgehead atoms. The molecule has 18 heavy (non-hydrogen) atoms. The molecule has 0 radical (unpaired) electrons. The highest BCUT2D eigenvalue weighted by atomic mass is 16.5. The molecule has 1 aliphatic rings. The number of aliphatic hydroxyl groups is 1. The second-order valence-corrected chi connectivity index (χ2v) is 5.77. The average Bonchev–Trinajstić information content (AvgIpc) is 2.36. The first-order valence-electron chi connectivity index (χ1n) is 7.22. The highest BCUT2D eigenvalue weighted by Crippen LogP contribution is 2.19. The van der Waals surface area contributed by atoms with Gasteiger partial charge in [-0.05, 0) is 51.7 Å². The van der Waals surface area contributed by atoms with E-state index in [0.29, 0.717) is 0 Å². The minimum absolute atomic E-state index is 0.524. The van der Waals surface area contributed by atoms with Crippen LogP contribution in [0, 0.1) is 5.92 Å². The molecule has 0 spiro atoms. The van der Waals surface area contributed by atoms with Crippen LogP contribution in [0.25, 0.3) is 0 Å². The molecule has 1 unspecified atom stereocenters. The number of methoxy groups -OCH3 is 1. The summed E-state index contributed by atoms with van der Waals surface area (Å²) in [7, 11) is 1.74. The second kappa shape index (κ2) is 8.10. The van der Waals surface area contributed by atoms with Gasteiger partial charge in [-0.25, -0.2) is 0 Å². The molecular formula is C14H30N2O2. The summed E-state index contributed by atoms with van der Waals surface area (Å²) in [5.41, 5.74) is -0.524. The molecule has 0 saturated carbocycles. The molecule has 1 rings (SSSR count). The summed E-state index contributed by atoms with van der Waals surface area (Å²) in [4.78, 5) is 2.40. The van der Waals surface area contributed by atoms with Gasteiger partial charge in [0.25, 0.3) is 0 Å². The Morgan fingerprint density at radius 2 is 2.06 bits per heavy atom. The van der Waals surface area contributed by atoms with Crippen molar-refractivity contribution in [3.63, 3.8) is 0 Å². The van der Waals surface area contributed by atoms with E-state index in [1.807, 2.05) is 13.8 Å². The van der Waals surface area contributed by atoms with Crippen molar-refractivity contribution in [1.82, 2.24) is 10.2 Å². The fourth-order valence-corrected chi connectivity index (χ4v) is 2.42. The van der Waals surface area contributed by atoms with Gasteiger partial charge in [-0.2, -0.15) is 0 Å². The quantitative estimate of drug-likeness (QED) is 0.640. The zero-order valence-corrected chi connectivity index (χ0v) is 12.2. The van der Waals surface area contributed by atoms with Crippen LogP contribution in [0.4, 0.5) is 0 Å². The van der Waals surface area contributed by atoms with E-state index in [9.17, 15) is 5.11 Å². The first-order valence-corrected chi connectivity index (χ1v) is 7.22. The van der Waals surface area contributed by atoms with E-state index in [1.54, 1.807) is 7.11 Å². The summed E-state index contributed by atoms with van der Waals surface area (Å²) < 4.78 is 5.02. The predicted molar refractivity (Wildman–Crippen MR) is 74.8 cm³/mol. The number of hydrogen-bond donors (Lipinski definition) is 2. The molecule has 1 atom stereocenters. The third kappa shape index (κ3) is 6.14. The Labute approximate surface area is 112 Å². The van der Waals surface area contributed by atoms with Crippen LogP contribution in [0.3, 0.4) is 0 Å². The van der Waals surface area contributed by atoms with Gasteiger partial charge in [-0.1, -0.05) is 6.92 Å². The number of likely N-dealkylation sites (tertiary alicyclic amines) is 1. The van der Waals surface area contributed by atoms with Gasteiger partial charge in [0.15, 0.2) is 0 Å². The van der Waals surface area contributed by atoms with Gasteiger partial charge in [0.1, 0.15) is 0 Å². The molecular weight excluding hydrogens is 228 g/mol. The van der Waals surface area contributed by atoms with Crippen LogP contribution >= 0.6 is 0 Å². The van der Waals surface area contributed by atoms with Crippen LogP contribution in [0.5, 0.6) is 0 Å². The number of β-amino-alcohol motifs (C(OH)–C–C–N with tert-alkyl or cyclic N) is 1. The van der Waals surface area contributed by atoms with Gasteiger partial charge in [0.05, 0.1) is 12.2 Å². The van der Waals surface area contributed by atoms with Crippen LogP contribution < -0.4 is 5.32 Å². The van der Waals surface area contributed by atoms with Crippen LogP contribution in [0.1, 0.15) is 33.1 Å². The first-order chi connectivity index (χ1) is 8.57. The third-order valence-electron chi connectivity index (χ3n) is 3.95. The lowest BCUT2D eigenvalue weighted by Gasteiger charge is -2.36. The summed E-state index contributed by atoms with van der Waals surface area (Å²) in [6, 6.07) is 0. The molecule has 0 aromatic rings. The minimum Gasteiger partial charge on any atom is -0.389 e. The molecule has 108 valence electrons. The Bertz CT molecular complexity index is 214. The van der Waals surface area contributed by atoms with E-state index in [1.165, 1.54) is 12.8 Å². The van der Waals surface area contributed by atoms with Crippen molar-refractivity contribution >= 4 is 0 Å².